The molecule has 0 bridgehead atoms. The van der Waals surface area contributed by atoms with Crippen LogP contribution in [0.5, 0.6) is 0 Å². The summed E-state index contributed by atoms with van der Waals surface area (Å²) in [6.07, 6.45) is 3.29. The van der Waals surface area contributed by atoms with Crippen molar-refractivity contribution in [3.8, 4) is 5.69 Å². The Morgan fingerprint density at radius 1 is 1.10 bits per heavy atom. The van der Waals surface area contributed by atoms with Gasteiger partial charge in [-0.2, -0.15) is 5.10 Å². The molecule has 0 aliphatic heterocycles. The lowest BCUT2D eigenvalue weighted by molar-refractivity contribution is 0.0694. The van der Waals surface area contributed by atoms with E-state index in [9.17, 15) is 9.90 Å². The molecule has 2 aromatic rings. The third-order valence-corrected chi connectivity index (χ3v) is 5.23. The van der Waals surface area contributed by atoms with Gasteiger partial charge >= 0.3 is 5.97 Å². The first kappa shape index (κ1) is 23.2. The minimum Gasteiger partial charge on any atom is -0.478 e. The Balaban J connectivity index is 2.50. The van der Waals surface area contributed by atoms with E-state index in [0.717, 1.165) is 24.2 Å². The van der Waals surface area contributed by atoms with Crippen LogP contribution in [0.2, 0.25) is 0 Å². The number of carboxylic acids is 1. The molecule has 29 heavy (non-hydrogen) atoms. The fourth-order valence-corrected chi connectivity index (χ4v) is 4.12. The number of nitrogens with zero attached hydrogens (tertiary/aromatic N) is 2. The first-order valence-electron chi connectivity index (χ1n) is 10.8. The SMILES string of the molecule is CCCc1c(C(=O)O)c(CC(C)CC(C)(C)C)nn1-c1ccc(C(C)(C)C)cc1. The molecule has 0 saturated carbocycles. The summed E-state index contributed by atoms with van der Waals surface area (Å²) in [5.41, 5.74) is 4.38. The molecule has 1 unspecified atom stereocenters. The lowest BCUT2D eigenvalue weighted by Crippen LogP contribution is -2.14. The Kier molecular flexibility index (Phi) is 6.97. The van der Waals surface area contributed by atoms with Crippen LogP contribution in [-0.4, -0.2) is 20.9 Å². The highest BCUT2D eigenvalue weighted by Gasteiger charge is 2.26. The molecule has 2 rings (SSSR count). The molecule has 1 aromatic heterocycles. The maximum Gasteiger partial charge on any atom is 0.339 e. The molecule has 1 atom stereocenters. The van der Waals surface area contributed by atoms with Gasteiger partial charge in [0.15, 0.2) is 0 Å². The Labute approximate surface area is 176 Å². The molecule has 0 saturated heterocycles. The number of hydrogen-bond acceptors (Lipinski definition) is 2. The molecule has 1 N–H and O–H groups in total. The van der Waals surface area contributed by atoms with Crippen LogP contribution in [0.1, 0.15) is 95.5 Å². The van der Waals surface area contributed by atoms with Gasteiger partial charge in [0.2, 0.25) is 0 Å². The van der Waals surface area contributed by atoms with Gasteiger partial charge in [0.25, 0.3) is 0 Å². The third-order valence-electron chi connectivity index (χ3n) is 5.23. The van der Waals surface area contributed by atoms with Gasteiger partial charge in [-0.05, 0) is 53.7 Å². The second-order valence-corrected chi connectivity index (χ2v) is 10.6. The van der Waals surface area contributed by atoms with Gasteiger partial charge < -0.3 is 5.11 Å². The Morgan fingerprint density at radius 3 is 2.14 bits per heavy atom. The van der Waals surface area contributed by atoms with Crippen molar-refractivity contribution in [3.05, 3.63) is 46.8 Å². The largest absolute Gasteiger partial charge is 0.478 e. The maximum atomic E-state index is 12.2. The summed E-state index contributed by atoms with van der Waals surface area (Å²) in [4.78, 5) is 12.2. The number of rotatable bonds is 7. The summed E-state index contributed by atoms with van der Waals surface area (Å²) in [7, 11) is 0. The molecule has 0 amide bonds. The number of carbonyl (C=O) groups is 1. The van der Waals surface area contributed by atoms with Gasteiger partial charge in [-0.25, -0.2) is 9.48 Å². The van der Waals surface area contributed by atoms with Crippen LogP contribution >= 0.6 is 0 Å². The lowest BCUT2D eigenvalue weighted by atomic mass is 9.83. The van der Waals surface area contributed by atoms with E-state index < -0.39 is 5.97 Å². The topological polar surface area (TPSA) is 55.1 Å². The van der Waals surface area contributed by atoms with Crippen LogP contribution in [0.3, 0.4) is 0 Å². The smallest absolute Gasteiger partial charge is 0.339 e. The summed E-state index contributed by atoms with van der Waals surface area (Å²) in [6.45, 7) is 17.5. The number of aromatic nitrogens is 2. The van der Waals surface area contributed by atoms with Crippen molar-refractivity contribution in [2.75, 3.05) is 0 Å². The molecular formula is C25H38N2O2. The van der Waals surface area contributed by atoms with E-state index in [1.165, 1.54) is 5.56 Å². The van der Waals surface area contributed by atoms with Gasteiger partial charge in [0.05, 0.1) is 17.1 Å². The summed E-state index contributed by atoms with van der Waals surface area (Å²) in [6, 6.07) is 8.35. The highest BCUT2D eigenvalue weighted by molar-refractivity contribution is 5.90. The summed E-state index contributed by atoms with van der Waals surface area (Å²) in [5, 5.41) is 14.8. The molecule has 0 aliphatic rings. The molecular weight excluding hydrogens is 360 g/mol. The molecule has 1 aromatic carbocycles. The summed E-state index contributed by atoms with van der Waals surface area (Å²) < 4.78 is 1.86. The first-order chi connectivity index (χ1) is 13.3. The third kappa shape index (κ3) is 5.94. The van der Waals surface area contributed by atoms with Crippen LogP contribution in [0.4, 0.5) is 0 Å². The molecule has 1 heterocycles. The van der Waals surface area contributed by atoms with Crippen molar-refractivity contribution in [2.24, 2.45) is 11.3 Å². The predicted octanol–water partition coefficient (Wildman–Crippen LogP) is 6.44. The average molecular weight is 399 g/mol. The predicted molar refractivity (Wildman–Crippen MR) is 120 cm³/mol. The van der Waals surface area contributed by atoms with Crippen molar-refractivity contribution in [2.45, 2.75) is 86.5 Å². The summed E-state index contributed by atoms with van der Waals surface area (Å²) >= 11 is 0. The van der Waals surface area contributed by atoms with E-state index in [0.29, 0.717) is 30.0 Å². The van der Waals surface area contributed by atoms with E-state index in [-0.39, 0.29) is 10.8 Å². The van der Waals surface area contributed by atoms with Crippen molar-refractivity contribution >= 4 is 5.97 Å². The van der Waals surface area contributed by atoms with Gasteiger partial charge in [-0.3, -0.25) is 0 Å². The van der Waals surface area contributed by atoms with E-state index in [2.05, 4.69) is 79.7 Å². The molecule has 0 radical (unpaired) electrons. The zero-order valence-electron chi connectivity index (χ0n) is 19.5. The molecule has 0 aliphatic carbocycles. The van der Waals surface area contributed by atoms with Crippen LogP contribution in [0.15, 0.2) is 24.3 Å². The summed E-state index contributed by atoms with van der Waals surface area (Å²) in [5.74, 6) is -0.502. The molecule has 4 nitrogen and oxygen atoms in total. The van der Waals surface area contributed by atoms with Crippen LogP contribution < -0.4 is 0 Å². The monoisotopic (exact) mass is 398 g/mol. The number of hydrogen-bond donors (Lipinski definition) is 1. The highest BCUT2D eigenvalue weighted by atomic mass is 16.4. The van der Waals surface area contributed by atoms with Crippen LogP contribution in [0.25, 0.3) is 5.69 Å². The quantitative estimate of drug-likeness (QED) is 0.584. The maximum absolute atomic E-state index is 12.2. The zero-order valence-corrected chi connectivity index (χ0v) is 19.5. The van der Waals surface area contributed by atoms with Crippen LogP contribution in [-0.2, 0) is 18.3 Å². The molecule has 4 heteroatoms. The van der Waals surface area contributed by atoms with E-state index >= 15 is 0 Å². The van der Waals surface area contributed by atoms with Crippen molar-refractivity contribution < 1.29 is 9.90 Å². The molecule has 160 valence electrons. The molecule has 0 fully saturated rings. The second kappa shape index (κ2) is 8.73. The van der Waals surface area contributed by atoms with E-state index in [1.807, 2.05) is 4.68 Å². The van der Waals surface area contributed by atoms with Crippen molar-refractivity contribution in [1.82, 2.24) is 9.78 Å². The molecule has 0 spiro atoms. The van der Waals surface area contributed by atoms with Crippen molar-refractivity contribution in [1.29, 1.82) is 0 Å². The Morgan fingerprint density at radius 2 is 1.69 bits per heavy atom. The van der Waals surface area contributed by atoms with Crippen LogP contribution in [0, 0.1) is 11.3 Å². The minimum atomic E-state index is -0.871. The first-order valence-corrected chi connectivity index (χ1v) is 10.8. The number of benzene rings is 1. The lowest BCUT2D eigenvalue weighted by Gasteiger charge is -2.22. The fourth-order valence-electron chi connectivity index (χ4n) is 4.12. The van der Waals surface area contributed by atoms with Gasteiger partial charge in [0, 0.05) is 0 Å². The fraction of sp³-hybridized carbons (Fsp3) is 0.600. The van der Waals surface area contributed by atoms with Gasteiger partial charge in [-0.15, -0.1) is 0 Å². The van der Waals surface area contributed by atoms with Gasteiger partial charge in [0.1, 0.15) is 5.56 Å². The van der Waals surface area contributed by atoms with E-state index in [1.54, 1.807) is 0 Å². The van der Waals surface area contributed by atoms with E-state index in [4.69, 9.17) is 5.10 Å². The van der Waals surface area contributed by atoms with Crippen molar-refractivity contribution in [3.63, 3.8) is 0 Å². The Bertz CT molecular complexity index is 833. The Hall–Kier alpha value is -2.10. The van der Waals surface area contributed by atoms with Gasteiger partial charge in [-0.1, -0.05) is 73.9 Å². The normalized spacial score (nSPS) is 13.5. The zero-order chi connectivity index (χ0) is 22.0. The average Bonchev–Trinajstić information content (AvgIpc) is 2.91. The number of aromatic carboxylic acids is 1. The number of carboxylic acid groups (broad SMARTS) is 1. The standard InChI is InChI=1S/C25H38N2O2/c1-9-10-21-22(23(28)29)20(15-17(2)16-24(3,4)5)26-27(21)19-13-11-18(12-14-19)25(6,7)8/h11-14,17H,9-10,15-16H2,1-8H3,(H,28,29). The minimum absolute atomic E-state index is 0.0780. The second-order valence-electron chi connectivity index (χ2n) is 10.6. The highest BCUT2D eigenvalue weighted by Crippen LogP contribution is 2.29.